The Morgan fingerprint density at radius 2 is 2.60 bits per heavy atom. The van der Waals surface area contributed by atoms with Crippen LogP contribution in [0.25, 0.3) is 0 Å². The van der Waals surface area contributed by atoms with Crippen molar-refractivity contribution in [3.8, 4) is 6.07 Å². The van der Waals surface area contributed by atoms with Crippen molar-refractivity contribution >= 4 is 0 Å². The van der Waals surface area contributed by atoms with E-state index in [0.29, 0.717) is 5.76 Å². The second kappa shape index (κ2) is 3.04. The minimum Gasteiger partial charge on any atom is -0.467 e. The van der Waals surface area contributed by atoms with Gasteiger partial charge in [-0.25, -0.2) is 0 Å². The van der Waals surface area contributed by atoms with Crippen molar-refractivity contribution < 1.29 is 4.42 Å². The summed E-state index contributed by atoms with van der Waals surface area (Å²) in [6.45, 7) is 0. The van der Waals surface area contributed by atoms with Crippen LogP contribution in [0.15, 0.2) is 22.8 Å². The van der Waals surface area contributed by atoms with Crippen LogP contribution in [-0.4, -0.2) is 7.05 Å². The highest BCUT2D eigenvalue weighted by atomic mass is 16.3. The first-order valence-electron chi connectivity index (χ1n) is 2.98. The van der Waals surface area contributed by atoms with Gasteiger partial charge in [-0.1, -0.05) is 0 Å². The van der Waals surface area contributed by atoms with Gasteiger partial charge in [-0.2, -0.15) is 5.26 Å². The Bertz CT molecular complexity index is 222. The summed E-state index contributed by atoms with van der Waals surface area (Å²) < 4.78 is 4.99. The van der Waals surface area contributed by atoms with E-state index in [1.807, 2.05) is 6.07 Å². The summed E-state index contributed by atoms with van der Waals surface area (Å²) in [5.41, 5.74) is 0. The Labute approximate surface area is 59.3 Å². The second-order valence-corrected chi connectivity index (χ2v) is 1.87. The molecule has 1 aromatic heterocycles. The average Bonchev–Trinajstić information content (AvgIpc) is 2.43. The van der Waals surface area contributed by atoms with Crippen molar-refractivity contribution in [3.05, 3.63) is 24.2 Å². The molecule has 0 radical (unpaired) electrons. The third kappa shape index (κ3) is 1.17. The summed E-state index contributed by atoms with van der Waals surface area (Å²) in [5.74, 6) is 0.657. The van der Waals surface area contributed by atoms with Crippen molar-refractivity contribution in [2.24, 2.45) is 0 Å². The third-order valence-corrected chi connectivity index (χ3v) is 1.25. The van der Waals surface area contributed by atoms with E-state index in [0.717, 1.165) is 0 Å². The number of furan rings is 1. The molecule has 0 saturated heterocycles. The van der Waals surface area contributed by atoms with Crippen molar-refractivity contribution in [1.82, 2.24) is 5.32 Å². The molecule has 0 bridgehead atoms. The lowest BCUT2D eigenvalue weighted by Crippen LogP contribution is -2.12. The van der Waals surface area contributed by atoms with Crippen LogP contribution in [0.4, 0.5) is 0 Å². The predicted octanol–water partition coefficient (Wildman–Crippen LogP) is 1.06. The molecular formula is C7H8N2O. The quantitative estimate of drug-likeness (QED) is 0.661. The molecular weight excluding hydrogens is 128 g/mol. The molecule has 0 aliphatic heterocycles. The van der Waals surface area contributed by atoms with Gasteiger partial charge in [-0.3, -0.25) is 5.32 Å². The fourth-order valence-corrected chi connectivity index (χ4v) is 0.726. The van der Waals surface area contributed by atoms with Gasteiger partial charge in [-0.15, -0.1) is 0 Å². The maximum Gasteiger partial charge on any atom is 0.154 e. The van der Waals surface area contributed by atoms with E-state index in [9.17, 15) is 0 Å². The van der Waals surface area contributed by atoms with Gasteiger partial charge >= 0.3 is 0 Å². The highest BCUT2D eigenvalue weighted by Gasteiger charge is 2.08. The number of hydrogen-bond acceptors (Lipinski definition) is 3. The highest BCUT2D eigenvalue weighted by Crippen LogP contribution is 2.10. The molecule has 0 aliphatic rings. The van der Waals surface area contributed by atoms with Gasteiger partial charge in [0.1, 0.15) is 5.76 Å². The minimum atomic E-state index is -0.324. The number of rotatable bonds is 2. The fourth-order valence-electron chi connectivity index (χ4n) is 0.726. The molecule has 1 heterocycles. The van der Waals surface area contributed by atoms with E-state index in [1.54, 1.807) is 25.4 Å². The molecule has 1 N–H and O–H groups in total. The molecule has 0 spiro atoms. The Balaban J connectivity index is 2.76. The summed E-state index contributed by atoms with van der Waals surface area (Å²) in [4.78, 5) is 0. The first-order chi connectivity index (χ1) is 4.88. The van der Waals surface area contributed by atoms with Crippen molar-refractivity contribution in [2.75, 3.05) is 7.05 Å². The number of nitrogens with one attached hydrogen (secondary N) is 1. The Morgan fingerprint density at radius 3 is 3.00 bits per heavy atom. The first-order valence-corrected chi connectivity index (χ1v) is 2.98. The maximum absolute atomic E-state index is 8.53. The molecule has 0 amide bonds. The number of nitriles is 1. The van der Waals surface area contributed by atoms with E-state index in [4.69, 9.17) is 9.68 Å². The normalized spacial score (nSPS) is 12.4. The molecule has 0 fully saturated rings. The summed E-state index contributed by atoms with van der Waals surface area (Å²) in [7, 11) is 1.72. The van der Waals surface area contributed by atoms with Gasteiger partial charge in [0.2, 0.25) is 0 Å². The zero-order chi connectivity index (χ0) is 7.40. The molecule has 3 heteroatoms. The second-order valence-electron chi connectivity index (χ2n) is 1.87. The van der Waals surface area contributed by atoms with E-state index in [-0.39, 0.29) is 6.04 Å². The monoisotopic (exact) mass is 136 g/mol. The van der Waals surface area contributed by atoms with Gasteiger partial charge in [0.25, 0.3) is 0 Å². The average molecular weight is 136 g/mol. The minimum absolute atomic E-state index is 0.324. The zero-order valence-corrected chi connectivity index (χ0v) is 5.66. The number of hydrogen-bond donors (Lipinski definition) is 1. The molecule has 0 aliphatic carbocycles. The molecule has 0 saturated carbocycles. The van der Waals surface area contributed by atoms with Crippen LogP contribution in [0.3, 0.4) is 0 Å². The van der Waals surface area contributed by atoms with Crippen LogP contribution in [-0.2, 0) is 0 Å². The van der Waals surface area contributed by atoms with Crippen LogP contribution in [0.1, 0.15) is 11.8 Å². The van der Waals surface area contributed by atoms with Gasteiger partial charge < -0.3 is 4.42 Å². The third-order valence-electron chi connectivity index (χ3n) is 1.25. The topological polar surface area (TPSA) is 49.0 Å². The van der Waals surface area contributed by atoms with E-state index < -0.39 is 0 Å². The lowest BCUT2D eigenvalue weighted by atomic mass is 10.2. The maximum atomic E-state index is 8.53. The molecule has 3 nitrogen and oxygen atoms in total. The summed E-state index contributed by atoms with van der Waals surface area (Å²) >= 11 is 0. The summed E-state index contributed by atoms with van der Waals surface area (Å²) in [5, 5.41) is 11.3. The van der Waals surface area contributed by atoms with Crippen LogP contribution in [0.2, 0.25) is 0 Å². The van der Waals surface area contributed by atoms with E-state index in [1.165, 1.54) is 0 Å². The van der Waals surface area contributed by atoms with E-state index in [2.05, 4.69) is 5.32 Å². The van der Waals surface area contributed by atoms with Crippen LogP contribution >= 0.6 is 0 Å². The van der Waals surface area contributed by atoms with Gasteiger partial charge in [0.15, 0.2) is 6.04 Å². The van der Waals surface area contributed by atoms with Gasteiger partial charge in [0, 0.05) is 0 Å². The molecule has 10 heavy (non-hydrogen) atoms. The Hall–Kier alpha value is -1.27. The molecule has 1 atom stereocenters. The van der Waals surface area contributed by atoms with Crippen molar-refractivity contribution in [3.63, 3.8) is 0 Å². The summed E-state index contributed by atoms with van der Waals surface area (Å²) in [6, 6.07) is 5.25. The van der Waals surface area contributed by atoms with Gasteiger partial charge in [0.05, 0.1) is 12.3 Å². The standard InChI is InChI=1S/C7H8N2O/c1-9-6(5-8)7-3-2-4-10-7/h2-4,6,9H,1H3/t6-/m1/s1. The lowest BCUT2D eigenvalue weighted by Gasteiger charge is -2.00. The molecule has 0 aromatic carbocycles. The first kappa shape index (κ1) is 6.84. The smallest absolute Gasteiger partial charge is 0.154 e. The molecule has 52 valence electrons. The predicted molar refractivity (Wildman–Crippen MR) is 36.1 cm³/mol. The number of nitrogens with zero attached hydrogens (tertiary/aromatic N) is 1. The van der Waals surface area contributed by atoms with Crippen LogP contribution in [0, 0.1) is 11.3 Å². The summed E-state index contributed by atoms with van der Waals surface area (Å²) in [6.07, 6.45) is 1.55. The van der Waals surface area contributed by atoms with E-state index >= 15 is 0 Å². The lowest BCUT2D eigenvalue weighted by molar-refractivity contribution is 0.473. The Kier molecular flexibility index (Phi) is 2.08. The molecule has 1 rings (SSSR count). The van der Waals surface area contributed by atoms with Crippen LogP contribution in [0.5, 0.6) is 0 Å². The van der Waals surface area contributed by atoms with Crippen molar-refractivity contribution in [2.45, 2.75) is 6.04 Å². The SMILES string of the molecule is CN[C@H](C#N)c1ccco1. The zero-order valence-electron chi connectivity index (χ0n) is 5.66. The van der Waals surface area contributed by atoms with Gasteiger partial charge in [-0.05, 0) is 19.2 Å². The fraction of sp³-hybridized carbons (Fsp3) is 0.286. The largest absolute Gasteiger partial charge is 0.467 e. The van der Waals surface area contributed by atoms with Crippen molar-refractivity contribution in [1.29, 1.82) is 5.26 Å². The Morgan fingerprint density at radius 1 is 1.80 bits per heavy atom. The molecule has 0 unspecified atom stereocenters. The highest BCUT2D eigenvalue weighted by molar-refractivity contribution is 5.11. The molecule has 1 aromatic rings. The van der Waals surface area contributed by atoms with Crippen LogP contribution < -0.4 is 5.32 Å².